The van der Waals surface area contributed by atoms with Gasteiger partial charge in [0.25, 0.3) is 0 Å². The molecule has 0 saturated carbocycles. The molecule has 0 aliphatic carbocycles. The molecule has 1 aromatic carbocycles. The normalized spacial score (nSPS) is 17.4. The van der Waals surface area contributed by atoms with Gasteiger partial charge in [0.2, 0.25) is 0 Å². The fourth-order valence-corrected chi connectivity index (χ4v) is 3.19. The summed E-state index contributed by atoms with van der Waals surface area (Å²) < 4.78 is 35.1. The van der Waals surface area contributed by atoms with E-state index in [0.29, 0.717) is 16.9 Å². The molecule has 4 rings (SSSR count). The Morgan fingerprint density at radius 2 is 1.88 bits per heavy atom. The van der Waals surface area contributed by atoms with Crippen LogP contribution in [0.15, 0.2) is 30.5 Å². The third kappa shape index (κ3) is 3.24. The smallest absolute Gasteiger partial charge is 0.395 e. The number of anilines is 1. The van der Waals surface area contributed by atoms with Crippen LogP contribution in [0.25, 0.3) is 11.1 Å². The van der Waals surface area contributed by atoms with Crippen LogP contribution in [0.3, 0.4) is 0 Å². The van der Waals surface area contributed by atoms with E-state index in [1.165, 1.54) is 18.3 Å². The van der Waals surface area contributed by atoms with Crippen molar-refractivity contribution < 1.29 is 23.0 Å². The molecule has 3 heterocycles. The number of nitrogens with one attached hydrogen (secondary N) is 1. The van der Waals surface area contributed by atoms with E-state index < -0.39 is 6.29 Å². The minimum absolute atomic E-state index is 0.0965. The highest BCUT2D eigenvalue weighted by molar-refractivity contribution is 6.33. The predicted octanol–water partition coefficient (Wildman–Crippen LogP) is 4.35. The maximum atomic E-state index is 13.2. The highest BCUT2D eigenvalue weighted by Gasteiger charge is 2.43. The number of aromatic nitrogens is 1. The molecule has 2 amide bonds. The number of nitrogens with zero attached hydrogens (tertiary/aromatic N) is 2. The van der Waals surface area contributed by atoms with Crippen LogP contribution in [-0.4, -0.2) is 35.3 Å². The number of halogens is 3. The Kier molecular flexibility index (Phi) is 4.07. The van der Waals surface area contributed by atoms with Crippen molar-refractivity contribution in [2.24, 2.45) is 0 Å². The summed E-state index contributed by atoms with van der Waals surface area (Å²) in [6.45, 7) is 1.47. The Morgan fingerprint density at radius 1 is 1.19 bits per heavy atom. The van der Waals surface area contributed by atoms with Gasteiger partial charge in [-0.25, -0.2) is 9.78 Å². The molecule has 6 nitrogen and oxygen atoms in total. The van der Waals surface area contributed by atoms with Gasteiger partial charge >= 0.3 is 12.3 Å². The number of pyridine rings is 1. The predicted molar refractivity (Wildman–Crippen MR) is 90.7 cm³/mol. The third-order valence-corrected chi connectivity index (χ3v) is 4.51. The molecule has 0 radical (unpaired) electrons. The van der Waals surface area contributed by atoms with Gasteiger partial charge < -0.3 is 14.4 Å². The van der Waals surface area contributed by atoms with Gasteiger partial charge in [0, 0.05) is 36.5 Å². The van der Waals surface area contributed by atoms with Crippen molar-refractivity contribution in [2.75, 3.05) is 18.4 Å². The zero-order valence-corrected chi connectivity index (χ0v) is 14.2. The first-order chi connectivity index (χ1) is 12.4. The summed E-state index contributed by atoms with van der Waals surface area (Å²) in [5, 5.41) is 2.95. The molecular formula is C17H14ClF2N3O3. The van der Waals surface area contributed by atoms with Gasteiger partial charge in [0.05, 0.1) is 5.02 Å². The molecule has 0 spiro atoms. The van der Waals surface area contributed by atoms with Crippen LogP contribution >= 0.6 is 11.6 Å². The number of carbonyl (C=O) groups is 1. The molecule has 1 N–H and O–H groups in total. The van der Waals surface area contributed by atoms with Gasteiger partial charge in [-0.3, -0.25) is 5.32 Å². The summed E-state index contributed by atoms with van der Waals surface area (Å²) in [6, 6.07) is 5.77. The number of ether oxygens (including phenoxy) is 2. The van der Waals surface area contributed by atoms with Crippen molar-refractivity contribution in [1.29, 1.82) is 0 Å². The zero-order chi connectivity index (χ0) is 18.3. The third-order valence-electron chi connectivity index (χ3n) is 4.19. The summed E-state index contributed by atoms with van der Waals surface area (Å²) >= 11 is 6.16. The van der Waals surface area contributed by atoms with Crippen LogP contribution in [0.5, 0.6) is 11.5 Å². The highest BCUT2D eigenvalue weighted by Crippen LogP contribution is 2.45. The van der Waals surface area contributed by atoms with Gasteiger partial charge in [-0.15, -0.1) is 8.78 Å². The Hall–Kier alpha value is -2.61. The summed E-state index contributed by atoms with van der Waals surface area (Å²) in [5.74, 6) is 0.182. The van der Waals surface area contributed by atoms with Crippen molar-refractivity contribution in [3.63, 3.8) is 0 Å². The first-order valence-corrected chi connectivity index (χ1v) is 8.41. The van der Waals surface area contributed by atoms with Gasteiger partial charge in [-0.2, -0.15) is 0 Å². The highest BCUT2D eigenvalue weighted by atomic mass is 35.5. The van der Waals surface area contributed by atoms with Crippen LogP contribution in [0.2, 0.25) is 5.02 Å². The van der Waals surface area contributed by atoms with E-state index in [1.807, 2.05) is 0 Å². The number of hydrogen-bond donors (Lipinski definition) is 1. The number of rotatable bonds is 2. The second kappa shape index (κ2) is 6.28. The number of carbonyl (C=O) groups excluding carboxylic acids is 1. The van der Waals surface area contributed by atoms with Crippen LogP contribution in [-0.2, 0) is 0 Å². The Morgan fingerprint density at radius 3 is 2.54 bits per heavy atom. The number of likely N-dealkylation sites (tertiary alicyclic amines) is 1. The number of urea groups is 1. The maximum absolute atomic E-state index is 13.2. The quantitative estimate of drug-likeness (QED) is 0.840. The molecule has 136 valence electrons. The van der Waals surface area contributed by atoms with E-state index in [0.717, 1.165) is 25.9 Å². The largest absolute Gasteiger partial charge is 0.586 e. The molecule has 1 aromatic heterocycles. The van der Waals surface area contributed by atoms with Gasteiger partial charge in [0.15, 0.2) is 11.5 Å². The molecule has 2 aliphatic rings. The molecule has 0 unspecified atom stereocenters. The van der Waals surface area contributed by atoms with E-state index >= 15 is 0 Å². The molecule has 0 bridgehead atoms. The van der Waals surface area contributed by atoms with Crippen molar-refractivity contribution in [3.05, 3.63) is 35.5 Å². The zero-order valence-electron chi connectivity index (χ0n) is 13.5. The van der Waals surface area contributed by atoms with Gasteiger partial charge in [-0.1, -0.05) is 11.6 Å². The van der Waals surface area contributed by atoms with E-state index in [-0.39, 0.29) is 22.6 Å². The summed E-state index contributed by atoms with van der Waals surface area (Å²) in [4.78, 5) is 18.0. The van der Waals surface area contributed by atoms with Crippen LogP contribution in [0, 0.1) is 0 Å². The first kappa shape index (κ1) is 16.8. The summed E-state index contributed by atoms with van der Waals surface area (Å²) in [7, 11) is 0. The molecule has 2 aliphatic heterocycles. The first-order valence-electron chi connectivity index (χ1n) is 8.03. The lowest BCUT2D eigenvalue weighted by molar-refractivity contribution is -0.286. The summed E-state index contributed by atoms with van der Waals surface area (Å²) in [6.07, 6.45) is -0.198. The average Bonchev–Trinajstić information content (AvgIpc) is 3.21. The molecule has 1 saturated heterocycles. The minimum Gasteiger partial charge on any atom is -0.395 e. The van der Waals surface area contributed by atoms with E-state index in [2.05, 4.69) is 19.8 Å². The monoisotopic (exact) mass is 381 g/mol. The van der Waals surface area contributed by atoms with Gasteiger partial charge in [-0.05, 0) is 31.0 Å². The molecule has 9 heteroatoms. The number of fused-ring (bicyclic) bond motifs is 1. The lowest BCUT2D eigenvalue weighted by atomic mass is 10.1. The van der Waals surface area contributed by atoms with Crippen LogP contribution in [0.1, 0.15) is 12.8 Å². The molecule has 1 fully saturated rings. The minimum atomic E-state index is -3.70. The van der Waals surface area contributed by atoms with Crippen molar-refractivity contribution in [2.45, 2.75) is 19.1 Å². The lowest BCUT2D eigenvalue weighted by Crippen LogP contribution is -2.32. The fourth-order valence-electron chi connectivity index (χ4n) is 2.93. The number of benzene rings is 1. The van der Waals surface area contributed by atoms with E-state index in [9.17, 15) is 13.6 Å². The molecule has 0 atom stereocenters. The Bertz CT molecular complexity index is 855. The van der Waals surface area contributed by atoms with Crippen molar-refractivity contribution in [3.8, 4) is 22.6 Å². The summed E-state index contributed by atoms with van der Waals surface area (Å²) in [5.41, 5.74) is 1.06. The van der Waals surface area contributed by atoms with E-state index in [4.69, 9.17) is 11.6 Å². The fraction of sp³-hybridized carbons (Fsp3) is 0.294. The van der Waals surface area contributed by atoms with Crippen LogP contribution in [0.4, 0.5) is 19.4 Å². The number of alkyl halides is 2. The molecular weight excluding hydrogens is 368 g/mol. The maximum Gasteiger partial charge on any atom is 0.586 e. The van der Waals surface area contributed by atoms with Crippen LogP contribution < -0.4 is 14.8 Å². The standard InChI is InChI=1S/C17H14ClF2N3O3/c18-12-8-14-13(25-17(19,20)26-14)7-11(12)10-3-4-15(21-9-10)22-16(24)23-5-1-2-6-23/h3-4,7-9H,1-2,5-6H2,(H,21,22,24). The lowest BCUT2D eigenvalue weighted by Gasteiger charge is -2.15. The van der Waals surface area contributed by atoms with Crippen molar-refractivity contribution in [1.82, 2.24) is 9.88 Å². The molecule has 26 heavy (non-hydrogen) atoms. The van der Waals surface area contributed by atoms with Crippen molar-refractivity contribution >= 4 is 23.4 Å². The number of hydrogen-bond acceptors (Lipinski definition) is 4. The second-order valence-electron chi connectivity index (χ2n) is 6.00. The SMILES string of the molecule is O=C(Nc1ccc(-c2cc3c(cc2Cl)OC(F)(F)O3)cn1)N1CCCC1. The number of amides is 2. The Balaban J connectivity index is 1.53. The topological polar surface area (TPSA) is 63.7 Å². The van der Waals surface area contributed by atoms with E-state index in [1.54, 1.807) is 17.0 Å². The second-order valence-corrected chi connectivity index (χ2v) is 6.41. The molecule has 2 aromatic rings. The average molecular weight is 382 g/mol. The Labute approximate surface area is 152 Å². The van der Waals surface area contributed by atoms with Gasteiger partial charge in [0.1, 0.15) is 5.82 Å².